The number of amides is 2. The van der Waals surface area contributed by atoms with Crippen LogP contribution in [-0.4, -0.2) is 40.5 Å². The van der Waals surface area contributed by atoms with E-state index in [2.05, 4.69) is 5.32 Å². The molecule has 0 bridgehead atoms. The number of carbonyl (C=O) groups excluding carboxylic acids is 2. The Balaban J connectivity index is 1.86. The molecule has 0 radical (unpaired) electrons. The molecule has 1 aliphatic heterocycles. The van der Waals surface area contributed by atoms with Crippen molar-refractivity contribution in [2.45, 2.75) is 32.0 Å². The Hall–Kier alpha value is -2.66. The van der Waals surface area contributed by atoms with Gasteiger partial charge in [0.25, 0.3) is 5.91 Å². The molecular formula is C20H22N2O3. The summed E-state index contributed by atoms with van der Waals surface area (Å²) in [7, 11) is 0. The van der Waals surface area contributed by atoms with E-state index in [4.69, 9.17) is 0 Å². The Morgan fingerprint density at radius 2 is 1.84 bits per heavy atom. The van der Waals surface area contributed by atoms with E-state index in [9.17, 15) is 14.7 Å². The molecule has 2 aromatic carbocycles. The Bertz CT molecular complexity index is 761. The van der Waals surface area contributed by atoms with Crippen LogP contribution < -0.4 is 5.32 Å². The van der Waals surface area contributed by atoms with Crippen LogP contribution in [-0.2, 0) is 17.8 Å². The zero-order chi connectivity index (χ0) is 17.8. The molecule has 3 rings (SSSR count). The molecule has 25 heavy (non-hydrogen) atoms. The lowest BCUT2D eigenvalue weighted by atomic mass is 10.0. The van der Waals surface area contributed by atoms with Gasteiger partial charge in [-0.3, -0.25) is 9.59 Å². The number of nitrogens with zero attached hydrogens (tertiary/aromatic N) is 1. The Morgan fingerprint density at radius 1 is 1.16 bits per heavy atom. The highest BCUT2D eigenvalue weighted by Crippen LogP contribution is 2.26. The van der Waals surface area contributed by atoms with E-state index in [-0.39, 0.29) is 24.5 Å². The SMILES string of the molecule is C[C@H](CO)NC(=O)[C@@H](Cc1ccccc1)N1Cc2ccccc2C1=O. The van der Waals surface area contributed by atoms with Crippen LogP contribution in [0, 0.1) is 0 Å². The van der Waals surface area contributed by atoms with Crippen molar-refractivity contribution in [3.63, 3.8) is 0 Å². The topological polar surface area (TPSA) is 69.6 Å². The average Bonchev–Trinajstić information content (AvgIpc) is 2.97. The lowest BCUT2D eigenvalue weighted by Crippen LogP contribution is -2.51. The van der Waals surface area contributed by atoms with Crippen molar-refractivity contribution in [1.82, 2.24) is 10.2 Å². The number of benzene rings is 2. The summed E-state index contributed by atoms with van der Waals surface area (Å²) in [6.45, 7) is 2.02. The zero-order valence-corrected chi connectivity index (χ0v) is 14.2. The molecule has 2 atom stereocenters. The van der Waals surface area contributed by atoms with Crippen molar-refractivity contribution >= 4 is 11.8 Å². The molecule has 5 nitrogen and oxygen atoms in total. The van der Waals surface area contributed by atoms with Gasteiger partial charge in [0.15, 0.2) is 0 Å². The van der Waals surface area contributed by atoms with Crippen LogP contribution in [0.5, 0.6) is 0 Å². The molecular weight excluding hydrogens is 316 g/mol. The summed E-state index contributed by atoms with van der Waals surface area (Å²) in [4.78, 5) is 27.2. The van der Waals surface area contributed by atoms with Gasteiger partial charge in [0, 0.05) is 24.6 Å². The third-order valence-corrected chi connectivity index (χ3v) is 4.46. The fourth-order valence-electron chi connectivity index (χ4n) is 3.10. The van der Waals surface area contributed by atoms with E-state index >= 15 is 0 Å². The lowest BCUT2D eigenvalue weighted by molar-refractivity contribution is -0.126. The molecule has 0 unspecified atom stereocenters. The molecule has 2 amide bonds. The van der Waals surface area contributed by atoms with Gasteiger partial charge >= 0.3 is 0 Å². The van der Waals surface area contributed by atoms with Crippen LogP contribution >= 0.6 is 0 Å². The first-order valence-electron chi connectivity index (χ1n) is 8.44. The van der Waals surface area contributed by atoms with Crippen molar-refractivity contribution < 1.29 is 14.7 Å². The van der Waals surface area contributed by atoms with Gasteiger partial charge in [-0.25, -0.2) is 0 Å². The monoisotopic (exact) mass is 338 g/mol. The minimum atomic E-state index is -0.615. The maximum Gasteiger partial charge on any atom is 0.255 e. The van der Waals surface area contributed by atoms with Crippen molar-refractivity contribution in [3.8, 4) is 0 Å². The van der Waals surface area contributed by atoms with Crippen LogP contribution in [0.1, 0.15) is 28.4 Å². The largest absolute Gasteiger partial charge is 0.394 e. The van der Waals surface area contributed by atoms with Gasteiger partial charge < -0.3 is 15.3 Å². The molecule has 1 heterocycles. The van der Waals surface area contributed by atoms with E-state index in [1.807, 2.05) is 48.5 Å². The van der Waals surface area contributed by atoms with Gasteiger partial charge in [0.05, 0.1) is 6.61 Å². The fourth-order valence-corrected chi connectivity index (χ4v) is 3.10. The summed E-state index contributed by atoms with van der Waals surface area (Å²) in [5.74, 6) is -0.366. The number of carbonyl (C=O) groups is 2. The number of hydrogen-bond donors (Lipinski definition) is 2. The minimum absolute atomic E-state index is 0.122. The third-order valence-electron chi connectivity index (χ3n) is 4.46. The molecule has 0 aromatic heterocycles. The first-order chi connectivity index (χ1) is 12.1. The molecule has 130 valence electrons. The van der Waals surface area contributed by atoms with E-state index in [0.717, 1.165) is 11.1 Å². The van der Waals surface area contributed by atoms with E-state index in [1.54, 1.807) is 17.9 Å². The second kappa shape index (κ2) is 7.49. The quantitative estimate of drug-likeness (QED) is 0.843. The third kappa shape index (κ3) is 3.72. The highest BCUT2D eigenvalue weighted by molar-refractivity contribution is 6.01. The molecule has 0 spiro atoms. The van der Waals surface area contributed by atoms with Crippen LogP contribution in [0.4, 0.5) is 0 Å². The summed E-state index contributed by atoms with van der Waals surface area (Å²) in [6, 6.07) is 16.1. The first kappa shape index (κ1) is 17.2. The van der Waals surface area contributed by atoms with Gasteiger partial charge in [0.1, 0.15) is 6.04 Å². The molecule has 5 heteroatoms. The van der Waals surface area contributed by atoms with Crippen molar-refractivity contribution in [2.24, 2.45) is 0 Å². The number of hydrogen-bond acceptors (Lipinski definition) is 3. The number of fused-ring (bicyclic) bond motifs is 1. The van der Waals surface area contributed by atoms with Crippen LogP contribution in [0.25, 0.3) is 0 Å². The maximum atomic E-state index is 12.8. The van der Waals surface area contributed by atoms with Crippen LogP contribution in [0.2, 0.25) is 0 Å². The Morgan fingerprint density at radius 3 is 2.52 bits per heavy atom. The van der Waals surface area contributed by atoms with Crippen LogP contribution in [0.3, 0.4) is 0 Å². The van der Waals surface area contributed by atoms with Crippen LogP contribution in [0.15, 0.2) is 54.6 Å². The minimum Gasteiger partial charge on any atom is -0.394 e. The van der Waals surface area contributed by atoms with Crippen molar-refractivity contribution in [2.75, 3.05) is 6.61 Å². The van der Waals surface area contributed by atoms with Gasteiger partial charge in [-0.2, -0.15) is 0 Å². The average molecular weight is 338 g/mol. The lowest BCUT2D eigenvalue weighted by Gasteiger charge is -2.28. The highest BCUT2D eigenvalue weighted by atomic mass is 16.3. The molecule has 0 saturated heterocycles. The Kier molecular flexibility index (Phi) is 5.14. The van der Waals surface area contributed by atoms with Crippen molar-refractivity contribution in [3.05, 3.63) is 71.3 Å². The van der Waals surface area contributed by atoms with E-state index in [1.165, 1.54) is 0 Å². The highest BCUT2D eigenvalue weighted by Gasteiger charge is 2.36. The molecule has 0 saturated carbocycles. The molecule has 0 fully saturated rings. The standard InChI is InChI=1S/C20H22N2O3/c1-14(13-23)21-19(24)18(11-15-7-3-2-4-8-15)22-12-16-9-5-6-10-17(16)20(22)25/h2-10,14,18,23H,11-13H2,1H3,(H,21,24)/t14-,18-/m1/s1. The maximum absolute atomic E-state index is 12.8. The summed E-state index contributed by atoms with van der Waals surface area (Å²) >= 11 is 0. The molecule has 2 aromatic rings. The smallest absolute Gasteiger partial charge is 0.255 e. The second-order valence-corrected chi connectivity index (χ2v) is 6.39. The summed E-state index contributed by atoms with van der Waals surface area (Å²) < 4.78 is 0. The zero-order valence-electron chi connectivity index (χ0n) is 14.2. The van der Waals surface area contributed by atoms with Crippen molar-refractivity contribution in [1.29, 1.82) is 0 Å². The normalized spacial score (nSPS) is 15.6. The fraction of sp³-hybridized carbons (Fsp3) is 0.300. The number of aliphatic hydroxyl groups is 1. The van der Waals surface area contributed by atoms with Gasteiger partial charge in [-0.15, -0.1) is 0 Å². The summed E-state index contributed by atoms with van der Waals surface area (Å²) in [5.41, 5.74) is 2.58. The van der Waals surface area contributed by atoms with Gasteiger partial charge in [0.2, 0.25) is 5.91 Å². The summed E-state index contributed by atoms with van der Waals surface area (Å²) in [6.07, 6.45) is 0.435. The predicted molar refractivity (Wildman–Crippen MR) is 94.9 cm³/mol. The number of aliphatic hydroxyl groups excluding tert-OH is 1. The molecule has 2 N–H and O–H groups in total. The predicted octanol–water partition coefficient (Wildman–Crippen LogP) is 1.75. The van der Waals surface area contributed by atoms with Gasteiger partial charge in [-0.1, -0.05) is 48.5 Å². The Labute approximate surface area is 147 Å². The second-order valence-electron chi connectivity index (χ2n) is 6.39. The van der Waals surface area contributed by atoms with E-state index in [0.29, 0.717) is 18.5 Å². The summed E-state index contributed by atoms with van der Waals surface area (Å²) in [5, 5.41) is 12.0. The first-order valence-corrected chi connectivity index (χ1v) is 8.44. The van der Waals surface area contributed by atoms with Gasteiger partial charge in [-0.05, 0) is 24.1 Å². The molecule has 1 aliphatic rings. The molecule has 0 aliphatic carbocycles. The number of nitrogens with one attached hydrogen (secondary N) is 1. The number of rotatable bonds is 6. The van der Waals surface area contributed by atoms with E-state index < -0.39 is 6.04 Å².